The molecule has 0 aliphatic carbocycles. The number of carboxylic acids is 1. The predicted octanol–water partition coefficient (Wildman–Crippen LogP) is 1.36. The van der Waals surface area contributed by atoms with Gasteiger partial charge in [0.25, 0.3) is 0 Å². The van der Waals surface area contributed by atoms with Gasteiger partial charge in [-0.3, -0.25) is 9.59 Å². The van der Waals surface area contributed by atoms with Crippen LogP contribution in [0.2, 0.25) is 0 Å². The summed E-state index contributed by atoms with van der Waals surface area (Å²) in [6, 6.07) is 7.52. The van der Waals surface area contributed by atoms with Crippen LogP contribution in [-0.4, -0.2) is 52.2 Å². The molecule has 2 rings (SSSR count). The number of thiol groups is 1. The molecule has 0 saturated carbocycles. The van der Waals surface area contributed by atoms with E-state index in [9.17, 15) is 19.5 Å². The van der Waals surface area contributed by atoms with Gasteiger partial charge in [0.1, 0.15) is 12.1 Å². The number of nitrogens with zero attached hydrogens (tertiary/aromatic N) is 1. The van der Waals surface area contributed by atoms with Crippen molar-refractivity contribution in [1.82, 2.24) is 10.2 Å². The SMILES string of the molecule is CC(CS)C(=O)N1CCC[C@H]1C(=O)N[C@@H](Cc1ccccc1)C(=O)O. The van der Waals surface area contributed by atoms with E-state index in [1.807, 2.05) is 30.3 Å². The van der Waals surface area contributed by atoms with Gasteiger partial charge < -0.3 is 15.3 Å². The monoisotopic (exact) mass is 364 g/mol. The van der Waals surface area contributed by atoms with Crippen LogP contribution in [-0.2, 0) is 20.8 Å². The second kappa shape index (κ2) is 8.89. The first-order valence-electron chi connectivity index (χ1n) is 8.42. The maximum Gasteiger partial charge on any atom is 0.326 e. The molecule has 3 atom stereocenters. The largest absolute Gasteiger partial charge is 0.480 e. The number of carbonyl (C=O) groups is 3. The third kappa shape index (κ3) is 4.98. The van der Waals surface area contributed by atoms with E-state index >= 15 is 0 Å². The van der Waals surface area contributed by atoms with Gasteiger partial charge in [0, 0.05) is 24.6 Å². The fourth-order valence-electron chi connectivity index (χ4n) is 2.98. The minimum absolute atomic E-state index is 0.109. The molecule has 1 unspecified atom stereocenters. The molecule has 136 valence electrons. The predicted molar refractivity (Wildman–Crippen MR) is 97.5 cm³/mol. The summed E-state index contributed by atoms with van der Waals surface area (Å²) in [6.07, 6.45) is 1.49. The second-order valence-corrected chi connectivity index (χ2v) is 6.73. The zero-order valence-electron chi connectivity index (χ0n) is 14.2. The average Bonchev–Trinajstić information content (AvgIpc) is 3.10. The van der Waals surface area contributed by atoms with Crippen LogP contribution in [0.1, 0.15) is 25.3 Å². The van der Waals surface area contributed by atoms with Gasteiger partial charge >= 0.3 is 5.97 Å². The Hall–Kier alpha value is -2.02. The molecular weight excluding hydrogens is 340 g/mol. The van der Waals surface area contributed by atoms with E-state index in [4.69, 9.17) is 0 Å². The number of carboxylic acid groups (broad SMARTS) is 1. The Morgan fingerprint density at radius 3 is 2.60 bits per heavy atom. The van der Waals surface area contributed by atoms with Crippen molar-refractivity contribution in [3.63, 3.8) is 0 Å². The smallest absolute Gasteiger partial charge is 0.326 e. The Bertz CT molecular complexity index is 623. The van der Waals surface area contributed by atoms with Crippen LogP contribution < -0.4 is 5.32 Å². The molecule has 0 bridgehead atoms. The summed E-state index contributed by atoms with van der Waals surface area (Å²) in [6.45, 7) is 2.30. The van der Waals surface area contributed by atoms with Crippen molar-refractivity contribution in [2.45, 2.75) is 38.3 Å². The molecule has 1 aromatic carbocycles. The molecule has 1 heterocycles. The lowest BCUT2D eigenvalue weighted by molar-refractivity contribution is -0.144. The quantitative estimate of drug-likeness (QED) is 0.638. The topological polar surface area (TPSA) is 86.7 Å². The zero-order valence-corrected chi connectivity index (χ0v) is 15.1. The second-order valence-electron chi connectivity index (χ2n) is 6.36. The summed E-state index contributed by atoms with van der Waals surface area (Å²) in [5.41, 5.74) is 0.832. The third-order valence-electron chi connectivity index (χ3n) is 4.43. The van der Waals surface area contributed by atoms with Gasteiger partial charge in [-0.2, -0.15) is 12.6 Å². The van der Waals surface area contributed by atoms with Gasteiger partial charge in [0.2, 0.25) is 11.8 Å². The lowest BCUT2D eigenvalue weighted by Crippen LogP contribution is -2.52. The lowest BCUT2D eigenvalue weighted by atomic mass is 10.1. The zero-order chi connectivity index (χ0) is 18.4. The van der Waals surface area contributed by atoms with E-state index in [1.165, 1.54) is 0 Å². The molecule has 25 heavy (non-hydrogen) atoms. The summed E-state index contributed by atoms with van der Waals surface area (Å²) in [5, 5.41) is 12.0. The Kier molecular flexibility index (Phi) is 6.87. The summed E-state index contributed by atoms with van der Waals surface area (Å²) in [5.74, 6) is -1.45. The van der Waals surface area contributed by atoms with Crippen molar-refractivity contribution < 1.29 is 19.5 Å². The van der Waals surface area contributed by atoms with Crippen LogP contribution in [0.15, 0.2) is 30.3 Å². The Morgan fingerprint density at radius 2 is 2.00 bits per heavy atom. The van der Waals surface area contributed by atoms with Crippen LogP contribution in [0.3, 0.4) is 0 Å². The van der Waals surface area contributed by atoms with Crippen LogP contribution >= 0.6 is 12.6 Å². The molecule has 0 spiro atoms. The van der Waals surface area contributed by atoms with Crippen LogP contribution in [0.4, 0.5) is 0 Å². The molecule has 1 fully saturated rings. The highest BCUT2D eigenvalue weighted by Gasteiger charge is 2.37. The minimum Gasteiger partial charge on any atom is -0.480 e. The van der Waals surface area contributed by atoms with E-state index in [-0.39, 0.29) is 18.2 Å². The van der Waals surface area contributed by atoms with Crippen molar-refractivity contribution in [2.24, 2.45) is 5.92 Å². The van der Waals surface area contributed by atoms with Gasteiger partial charge in [0.05, 0.1) is 0 Å². The van der Waals surface area contributed by atoms with E-state index in [0.717, 1.165) is 12.0 Å². The van der Waals surface area contributed by atoms with E-state index < -0.39 is 24.0 Å². The normalized spacial score (nSPS) is 19.3. The van der Waals surface area contributed by atoms with Gasteiger partial charge in [-0.05, 0) is 18.4 Å². The number of amides is 2. The Balaban J connectivity index is 2.04. The summed E-state index contributed by atoms with van der Waals surface area (Å²) in [4.78, 5) is 38.0. The van der Waals surface area contributed by atoms with Crippen molar-refractivity contribution in [1.29, 1.82) is 0 Å². The molecule has 6 nitrogen and oxygen atoms in total. The van der Waals surface area contributed by atoms with E-state index in [2.05, 4.69) is 17.9 Å². The number of hydrogen-bond donors (Lipinski definition) is 3. The van der Waals surface area contributed by atoms with Gasteiger partial charge in [0.15, 0.2) is 0 Å². The number of aliphatic carboxylic acids is 1. The minimum atomic E-state index is -1.09. The number of hydrogen-bond acceptors (Lipinski definition) is 4. The number of likely N-dealkylation sites (tertiary alicyclic amines) is 1. The van der Waals surface area contributed by atoms with E-state index in [0.29, 0.717) is 18.7 Å². The van der Waals surface area contributed by atoms with Crippen molar-refractivity contribution in [3.8, 4) is 0 Å². The van der Waals surface area contributed by atoms with Gasteiger partial charge in [-0.1, -0.05) is 37.3 Å². The van der Waals surface area contributed by atoms with Crippen LogP contribution in [0.5, 0.6) is 0 Å². The molecule has 1 aliphatic heterocycles. The Morgan fingerprint density at radius 1 is 1.32 bits per heavy atom. The first-order chi connectivity index (χ1) is 11.9. The maximum atomic E-state index is 12.6. The fourth-order valence-corrected chi connectivity index (χ4v) is 3.14. The number of nitrogens with one attached hydrogen (secondary N) is 1. The highest BCUT2D eigenvalue weighted by molar-refractivity contribution is 7.80. The van der Waals surface area contributed by atoms with Crippen LogP contribution in [0, 0.1) is 5.92 Å². The van der Waals surface area contributed by atoms with Gasteiger partial charge in [-0.15, -0.1) is 0 Å². The number of benzene rings is 1. The number of carbonyl (C=O) groups excluding carboxylic acids is 2. The molecule has 0 radical (unpaired) electrons. The molecule has 2 N–H and O–H groups in total. The standard InChI is InChI=1S/C18H24N2O4S/c1-12(11-25)17(22)20-9-5-8-15(20)16(21)19-14(18(23)24)10-13-6-3-2-4-7-13/h2-4,6-7,12,14-15,25H,5,8-11H2,1H3,(H,19,21)(H,23,24)/t12?,14-,15-/m0/s1. The average molecular weight is 364 g/mol. The first-order valence-corrected chi connectivity index (χ1v) is 9.05. The van der Waals surface area contributed by atoms with Gasteiger partial charge in [-0.25, -0.2) is 4.79 Å². The fraction of sp³-hybridized carbons (Fsp3) is 0.500. The van der Waals surface area contributed by atoms with Crippen molar-refractivity contribution >= 4 is 30.4 Å². The number of rotatable bonds is 7. The molecule has 7 heteroatoms. The first kappa shape index (κ1) is 19.3. The van der Waals surface area contributed by atoms with Crippen LogP contribution in [0.25, 0.3) is 0 Å². The molecule has 1 saturated heterocycles. The Labute approximate surface area is 153 Å². The van der Waals surface area contributed by atoms with Crippen molar-refractivity contribution in [3.05, 3.63) is 35.9 Å². The summed E-state index contributed by atoms with van der Waals surface area (Å²) >= 11 is 4.14. The molecule has 1 aromatic rings. The van der Waals surface area contributed by atoms with Crippen molar-refractivity contribution in [2.75, 3.05) is 12.3 Å². The molecule has 2 amide bonds. The summed E-state index contributed by atoms with van der Waals surface area (Å²) < 4.78 is 0. The maximum absolute atomic E-state index is 12.6. The highest BCUT2D eigenvalue weighted by atomic mass is 32.1. The highest BCUT2D eigenvalue weighted by Crippen LogP contribution is 2.21. The molecule has 1 aliphatic rings. The summed E-state index contributed by atoms with van der Waals surface area (Å²) in [7, 11) is 0. The van der Waals surface area contributed by atoms with E-state index in [1.54, 1.807) is 11.8 Å². The third-order valence-corrected chi connectivity index (χ3v) is 4.98. The lowest BCUT2D eigenvalue weighted by Gasteiger charge is -2.27. The molecular formula is C18H24N2O4S. The molecule has 0 aromatic heterocycles.